The third kappa shape index (κ3) is 2.20. The second kappa shape index (κ2) is 4.32. The number of fused-ring (bicyclic) bond motifs is 1. The van der Waals surface area contributed by atoms with Crippen LogP contribution in [0.3, 0.4) is 0 Å². The number of aromatic nitrogens is 1. The minimum Gasteiger partial charge on any atom is -0.443 e. The van der Waals surface area contributed by atoms with E-state index in [0.29, 0.717) is 12.1 Å². The maximum atomic E-state index is 11.3. The molecule has 0 bridgehead atoms. The van der Waals surface area contributed by atoms with E-state index in [1.165, 1.54) is 6.39 Å². The quantitative estimate of drug-likeness (QED) is 0.799. The van der Waals surface area contributed by atoms with Gasteiger partial charge in [-0.25, -0.2) is 4.98 Å². The van der Waals surface area contributed by atoms with E-state index in [1.54, 1.807) is 6.92 Å². The Morgan fingerprint density at radius 1 is 1.62 bits per heavy atom. The third-order valence-corrected chi connectivity index (χ3v) is 2.28. The van der Waals surface area contributed by atoms with Crippen LogP contribution in [-0.2, 0) is 11.3 Å². The van der Waals surface area contributed by atoms with Crippen molar-refractivity contribution in [2.45, 2.75) is 19.5 Å². The van der Waals surface area contributed by atoms with Crippen LogP contribution in [0.15, 0.2) is 29.0 Å². The van der Waals surface area contributed by atoms with E-state index >= 15 is 0 Å². The summed E-state index contributed by atoms with van der Waals surface area (Å²) in [5, 5.41) is 2.73. The van der Waals surface area contributed by atoms with Gasteiger partial charge in [0.2, 0.25) is 5.91 Å². The number of nitrogens with one attached hydrogen (secondary N) is 1. The van der Waals surface area contributed by atoms with Gasteiger partial charge in [0.05, 0.1) is 6.04 Å². The zero-order valence-corrected chi connectivity index (χ0v) is 8.93. The number of rotatable bonds is 3. The molecule has 0 fully saturated rings. The van der Waals surface area contributed by atoms with Crippen molar-refractivity contribution in [2.24, 2.45) is 5.73 Å². The Bertz CT molecular complexity index is 505. The fraction of sp³-hybridized carbons (Fsp3) is 0.273. The van der Waals surface area contributed by atoms with Gasteiger partial charge in [-0.2, -0.15) is 0 Å². The lowest BCUT2D eigenvalue weighted by molar-refractivity contribution is -0.122. The fourth-order valence-corrected chi connectivity index (χ4v) is 1.36. The zero-order valence-electron chi connectivity index (χ0n) is 8.93. The van der Waals surface area contributed by atoms with Crippen molar-refractivity contribution in [3.05, 3.63) is 30.2 Å². The number of carbonyl (C=O) groups excluding carboxylic acids is 1. The third-order valence-electron chi connectivity index (χ3n) is 2.28. The normalized spacial score (nSPS) is 12.6. The first-order valence-corrected chi connectivity index (χ1v) is 5.02. The first kappa shape index (κ1) is 10.6. The lowest BCUT2D eigenvalue weighted by Gasteiger charge is -2.07. The molecule has 1 unspecified atom stereocenters. The summed E-state index contributed by atoms with van der Waals surface area (Å²) >= 11 is 0. The standard InChI is InChI=1S/C11H13N3O2/c1-7(12)11(15)13-5-8-2-3-9-10(4-8)16-6-14-9/h2-4,6-7H,5,12H2,1H3,(H,13,15). The zero-order chi connectivity index (χ0) is 11.5. The molecule has 1 heterocycles. The second-order valence-electron chi connectivity index (χ2n) is 3.66. The van der Waals surface area contributed by atoms with Crippen LogP contribution in [0.4, 0.5) is 0 Å². The highest BCUT2D eigenvalue weighted by Gasteiger charge is 2.06. The Morgan fingerprint density at radius 2 is 2.44 bits per heavy atom. The van der Waals surface area contributed by atoms with Gasteiger partial charge in [-0.15, -0.1) is 0 Å². The molecule has 3 N–H and O–H groups in total. The molecule has 0 spiro atoms. The van der Waals surface area contributed by atoms with Crippen LogP contribution in [-0.4, -0.2) is 16.9 Å². The maximum absolute atomic E-state index is 11.3. The van der Waals surface area contributed by atoms with E-state index in [1.807, 2.05) is 18.2 Å². The number of hydrogen-bond donors (Lipinski definition) is 2. The van der Waals surface area contributed by atoms with Gasteiger partial charge in [0, 0.05) is 6.54 Å². The van der Waals surface area contributed by atoms with Crippen LogP contribution >= 0.6 is 0 Å². The van der Waals surface area contributed by atoms with Crippen LogP contribution in [0.25, 0.3) is 11.1 Å². The van der Waals surface area contributed by atoms with Crippen molar-refractivity contribution in [3.8, 4) is 0 Å². The summed E-state index contributed by atoms with van der Waals surface area (Å²) < 4.78 is 5.16. The Labute approximate surface area is 92.6 Å². The molecule has 5 heteroatoms. The molecule has 84 valence electrons. The van der Waals surface area contributed by atoms with Gasteiger partial charge < -0.3 is 15.5 Å². The van der Waals surface area contributed by atoms with Crippen molar-refractivity contribution in [1.29, 1.82) is 0 Å². The lowest BCUT2D eigenvalue weighted by atomic mass is 10.2. The van der Waals surface area contributed by atoms with Crippen molar-refractivity contribution in [1.82, 2.24) is 10.3 Å². The molecule has 2 aromatic rings. The predicted molar refractivity (Wildman–Crippen MR) is 59.5 cm³/mol. The Kier molecular flexibility index (Phi) is 2.87. The minimum atomic E-state index is -0.492. The van der Waals surface area contributed by atoms with Gasteiger partial charge in [-0.3, -0.25) is 4.79 Å². The molecule has 1 aromatic carbocycles. The summed E-state index contributed by atoms with van der Waals surface area (Å²) in [6.45, 7) is 2.09. The molecule has 0 saturated heterocycles. The lowest BCUT2D eigenvalue weighted by Crippen LogP contribution is -2.37. The van der Waals surface area contributed by atoms with Crippen molar-refractivity contribution in [3.63, 3.8) is 0 Å². The van der Waals surface area contributed by atoms with Gasteiger partial charge in [-0.1, -0.05) is 6.07 Å². The first-order chi connectivity index (χ1) is 7.66. The highest BCUT2D eigenvalue weighted by Crippen LogP contribution is 2.13. The number of nitrogens with zero attached hydrogens (tertiary/aromatic N) is 1. The SMILES string of the molecule is CC(N)C(=O)NCc1ccc2ncoc2c1. The highest BCUT2D eigenvalue weighted by molar-refractivity contribution is 5.81. The number of carbonyl (C=O) groups is 1. The fourth-order valence-electron chi connectivity index (χ4n) is 1.36. The average Bonchev–Trinajstić information content (AvgIpc) is 2.72. The first-order valence-electron chi connectivity index (χ1n) is 5.02. The predicted octanol–water partition coefficient (Wildman–Crippen LogP) is 0.791. The number of nitrogens with two attached hydrogens (primary N) is 1. The van der Waals surface area contributed by atoms with Crippen LogP contribution in [0, 0.1) is 0 Å². The summed E-state index contributed by atoms with van der Waals surface area (Å²) in [4.78, 5) is 15.3. The molecule has 16 heavy (non-hydrogen) atoms. The summed E-state index contributed by atoms with van der Waals surface area (Å²) in [6.07, 6.45) is 1.40. The highest BCUT2D eigenvalue weighted by atomic mass is 16.3. The topological polar surface area (TPSA) is 81.2 Å². The second-order valence-corrected chi connectivity index (χ2v) is 3.66. The molecule has 0 radical (unpaired) electrons. The van der Waals surface area contributed by atoms with Crippen molar-refractivity contribution < 1.29 is 9.21 Å². The van der Waals surface area contributed by atoms with E-state index in [-0.39, 0.29) is 5.91 Å². The van der Waals surface area contributed by atoms with Gasteiger partial charge in [0.1, 0.15) is 5.52 Å². The molecule has 1 atom stereocenters. The van der Waals surface area contributed by atoms with Crippen LogP contribution in [0.2, 0.25) is 0 Å². The molecular weight excluding hydrogens is 206 g/mol. The number of oxazole rings is 1. The minimum absolute atomic E-state index is 0.169. The molecule has 2 rings (SSSR count). The molecule has 1 aromatic heterocycles. The summed E-state index contributed by atoms with van der Waals surface area (Å²) in [5.74, 6) is -0.169. The number of hydrogen-bond acceptors (Lipinski definition) is 4. The maximum Gasteiger partial charge on any atom is 0.236 e. The van der Waals surface area contributed by atoms with E-state index in [4.69, 9.17) is 10.2 Å². The molecule has 0 saturated carbocycles. The molecule has 5 nitrogen and oxygen atoms in total. The average molecular weight is 219 g/mol. The molecule has 0 aliphatic heterocycles. The largest absolute Gasteiger partial charge is 0.443 e. The number of benzene rings is 1. The van der Waals surface area contributed by atoms with Crippen LogP contribution < -0.4 is 11.1 Å². The van der Waals surface area contributed by atoms with Crippen molar-refractivity contribution in [2.75, 3.05) is 0 Å². The van der Waals surface area contributed by atoms with Gasteiger partial charge >= 0.3 is 0 Å². The molecule has 1 amide bonds. The summed E-state index contributed by atoms with van der Waals surface area (Å²) in [5.41, 5.74) is 7.91. The summed E-state index contributed by atoms with van der Waals surface area (Å²) in [6, 6.07) is 5.11. The summed E-state index contributed by atoms with van der Waals surface area (Å²) in [7, 11) is 0. The number of amides is 1. The van der Waals surface area contributed by atoms with Gasteiger partial charge in [0.25, 0.3) is 0 Å². The van der Waals surface area contributed by atoms with E-state index in [9.17, 15) is 4.79 Å². The van der Waals surface area contributed by atoms with E-state index in [2.05, 4.69) is 10.3 Å². The molecular formula is C11H13N3O2. The smallest absolute Gasteiger partial charge is 0.236 e. The van der Waals surface area contributed by atoms with E-state index < -0.39 is 6.04 Å². The van der Waals surface area contributed by atoms with Crippen LogP contribution in [0.5, 0.6) is 0 Å². The Morgan fingerprint density at radius 3 is 3.19 bits per heavy atom. The monoisotopic (exact) mass is 219 g/mol. The molecule has 0 aliphatic rings. The Balaban J connectivity index is 2.06. The molecule has 0 aliphatic carbocycles. The van der Waals surface area contributed by atoms with Crippen LogP contribution in [0.1, 0.15) is 12.5 Å². The van der Waals surface area contributed by atoms with E-state index in [0.717, 1.165) is 11.1 Å². The van der Waals surface area contributed by atoms with Gasteiger partial charge in [0.15, 0.2) is 12.0 Å². The Hall–Kier alpha value is -1.88. The van der Waals surface area contributed by atoms with Crippen molar-refractivity contribution >= 4 is 17.0 Å². The van der Waals surface area contributed by atoms with Gasteiger partial charge in [-0.05, 0) is 24.6 Å².